The minimum absolute atomic E-state index is 0.303. The normalized spacial score (nSPS) is 14.9. The maximum absolute atomic E-state index is 12.0. The summed E-state index contributed by atoms with van der Waals surface area (Å²) < 4.78 is 5.05. The van der Waals surface area contributed by atoms with Crippen LogP contribution in [-0.2, 0) is 9.53 Å². The number of hydrogen-bond acceptors (Lipinski definition) is 3. The minimum Gasteiger partial charge on any atom is -0.383 e. The Morgan fingerprint density at radius 3 is 2.59 bits per heavy atom. The number of nitrogens with zero attached hydrogens (tertiary/aromatic N) is 1. The van der Waals surface area contributed by atoms with E-state index in [2.05, 4.69) is 0 Å². The molecule has 0 aromatic rings. The molecule has 1 saturated carbocycles. The van der Waals surface area contributed by atoms with Gasteiger partial charge in [0.25, 0.3) is 0 Å². The molecule has 17 heavy (non-hydrogen) atoms. The molecule has 0 unspecified atom stereocenters. The van der Waals surface area contributed by atoms with Gasteiger partial charge >= 0.3 is 0 Å². The summed E-state index contributed by atoms with van der Waals surface area (Å²) >= 11 is 0. The fourth-order valence-electron chi connectivity index (χ4n) is 2.00. The lowest BCUT2D eigenvalue weighted by atomic mass is 10.1. The Morgan fingerprint density at radius 2 is 2.00 bits per heavy atom. The average molecular weight is 242 g/mol. The number of nitrogens with two attached hydrogens (primary N) is 1. The maximum Gasteiger partial charge on any atom is 0.222 e. The molecule has 1 aliphatic rings. The molecule has 4 nitrogen and oxygen atoms in total. The van der Waals surface area contributed by atoms with E-state index < -0.39 is 0 Å². The second kappa shape index (κ2) is 8.48. The van der Waals surface area contributed by atoms with E-state index in [9.17, 15) is 4.79 Å². The minimum atomic E-state index is 0.303. The summed E-state index contributed by atoms with van der Waals surface area (Å²) in [4.78, 5) is 14.0. The largest absolute Gasteiger partial charge is 0.383 e. The SMILES string of the molecule is COCCN(C(=O)CCCCCCN)C1CC1. The first kappa shape index (κ1) is 14.5. The Hall–Kier alpha value is -0.610. The highest BCUT2D eigenvalue weighted by Crippen LogP contribution is 2.27. The van der Waals surface area contributed by atoms with Crippen molar-refractivity contribution in [1.82, 2.24) is 4.90 Å². The third-order valence-corrected chi connectivity index (χ3v) is 3.19. The zero-order chi connectivity index (χ0) is 12.5. The number of methoxy groups -OCH3 is 1. The monoisotopic (exact) mass is 242 g/mol. The summed E-state index contributed by atoms with van der Waals surface area (Å²) in [6.07, 6.45) is 7.35. The molecule has 1 amide bonds. The van der Waals surface area contributed by atoms with Gasteiger partial charge in [0, 0.05) is 26.1 Å². The van der Waals surface area contributed by atoms with Crippen LogP contribution in [0.2, 0.25) is 0 Å². The second-order valence-electron chi connectivity index (χ2n) is 4.76. The van der Waals surface area contributed by atoms with Crippen LogP contribution in [0, 0.1) is 0 Å². The number of unbranched alkanes of at least 4 members (excludes halogenated alkanes) is 3. The van der Waals surface area contributed by atoms with Crippen LogP contribution in [0.5, 0.6) is 0 Å². The Morgan fingerprint density at radius 1 is 1.29 bits per heavy atom. The summed E-state index contributed by atoms with van der Waals surface area (Å²) in [6.45, 7) is 2.16. The molecule has 0 spiro atoms. The van der Waals surface area contributed by atoms with Crippen LogP contribution in [0.15, 0.2) is 0 Å². The van der Waals surface area contributed by atoms with Crippen molar-refractivity contribution in [1.29, 1.82) is 0 Å². The third kappa shape index (κ3) is 6.03. The summed E-state index contributed by atoms with van der Waals surface area (Å²) in [7, 11) is 1.68. The molecule has 4 heteroatoms. The zero-order valence-corrected chi connectivity index (χ0v) is 11.0. The van der Waals surface area contributed by atoms with Gasteiger partial charge in [-0.3, -0.25) is 4.79 Å². The van der Waals surface area contributed by atoms with Crippen molar-refractivity contribution in [2.45, 2.75) is 51.0 Å². The van der Waals surface area contributed by atoms with Crippen molar-refractivity contribution in [3.8, 4) is 0 Å². The van der Waals surface area contributed by atoms with Gasteiger partial charge in [-0.05, 0) is 32.2 Å². The van der Waals surface area contributed by atoms with Gasteiger partial charge in [0.2, 0.25) is 5.91 Å². The van der Waals surface area contributed by atoms with E-state index in [1.807, 2.05) is 4.90 Å². The highest BCUT2D eigenvalue weighted by molar-refractivity contribution is 5.76. The van der Waals surface area contributed by atoms with Gasteiger partial charge in [0.05, 0.1) is 6.61 Å². The first-order valence-corrected chi connectivity index (χ1v) is 6.78. The molecule has 0 radical (unpaired) electrons. The van der Waals surface area contributed by atoms with Gasteiger partial charge in [-0.25, -0.2) is 0 Å². The van der Waals surface area contributed by atoms with Gasteiger partial charge in [-0.2, -0.15) is 0 Å². The van der Waals surface area contributed by atoms with Crippen LogP contribution in [0.4, 0.5) is 0 Å². The third-order valence-electron chi connectivity index (χ3n) is 3.19. The van der Waals surface area contributed by atoms with Crippen molar-refractivity contribution in [3.63, 3.8) is 0 Å². The number of amides is 1. The van der Waals surface area contributed by atoms with Gasteiger partial charge in [0.15, 0.2) is 0 Å². The molecule has 1 fully saturated rings. The topological polar surface area (TPSA) is 55.6 Å². The molecule has 0 aliphatic heterocycles. The van der Waals surface area contributed by atoms with E-state index in [4.69, 9.17) is 10.5 Å². The molecule has 0 aromatic carbocycles. The zero-order valence-electron chi connectivity index (χ0n) is 11.0. The van der Waals surface area contributed by atoms with E-state index in [0.29, 0.717) is 25.0 Å². The average Bonchev–Trinajstić information content (AvgIpc) is 3.14. The number of rotatable bonds is 10. The second-order valence-corrected chi connectivity index (χ2v) is 4.76. The molecular formula is C13H26N2O2. The molecule has 2 N–H and O–H groups in total. The highest BCUT2D eigenvalue weighted by atomic mass is 16.5. The predicted octanol–water partition coefficient (Wildman–Crippen LogP) is 1.53. The summed E-state index contributed by atoms with van der Waals surface area (Å²) in [5.74, 6) is 0.303. The lowest BCUT2D eigenvalue weighted by Crippen LogP contribution is -2.35. The Balaban J connectivity index is 2.13. The molecule has 0 bridgehead atoms. The van der Waals surface area contributed by atoms with Gasteiger partial charge in [-0.15, -0.1) is 0 Å². The van der Waals surface area contributed by atoms with Gasteiger partial charge < -0.3 is 15.4 Å². The molecule has 0 atom stereocenters. The van der Waals surface area contributed by atoms with E-state index >= 15 is 0 Å². The lowest BCUT2D eigenvalue weighted by Gasteiger charge is -2.22. The molecule has 0 saturated heterocycles. The smallest absolute Gasteiger partial charge is 0.222 e. The van der Waals surface area contributed by atoms with Crippen molar-refractivity contribution in [3.05, 3.63) is 0 Å². The number of ether oxygens (including phenoxy) is 1. The van der Waals surface area contributed by atoms with Crippen LogP contribution in [0.1, 0.15) is 44.9 Å². The summed E-state index contributed by atoms with van der Waals surface area (Å²) in [5.41, 5.74) is 5.43. The first-order valence-electron chi connectivity index (χ1n) is 6.78. The Kier molecular flexibility index (Phi) is 7.21. The quantitative estimate of drug-likeness (QED) is 0.591. The highest BCUT2D eigenvalue weighted by Gasteiger charge is 2.31. The Bertz CT molecular complexity index is 217. The van der Waals surface area contributed by atoms with Crippen LogP contribution >= 0.6 is 0 Å². The van der Waals surface area contributed by atoms with Crippen LogP contribution < -0.4 is 5.73 Å². The molecule has 1 rings (SSSR count). The molecule has 0 aromatic heterocycles. The van der Waals surface area contributed by atoms with E-state index in [1.165, 1.54) is 12.8 Å². The molecule has 1 aliphatic carbocycles. The van der Waals surface area contributed by atoms with Crippen LogP contribution in [-0.4, -0.2) is 43.7 Å². The first-order chi connectivity index (χ1) is 8.29. The molecular weight excluding hydrogens is 216 g/mol. The predicted molar refractivity (Wildman–Crippen MR) is 68.8 cm³/mol. The lowest BCUT2D eigenvalue weighted by molar-refractivity contribution is -0.132. The fourth-order valence-corrected chi connectivity index (χ4v) is 2.00. The standard InChI is InChI=1S/C13H26N2O2/c1-17-11-10-15(12-7-8-12)13(16)6-4-2-3-5-9-14/h12H,2-11,14H2,1H3. The molecule has 100 valence electrons. The number of hydrogen-bond donors (Lipinski definition) is 1. The summed E-state index contributed by atoms with van der Waals surface area (Å²) in [6, 6.07) is 0.502. The van der Waals surface area contributed by atoms with Crippen molar-refractivity contribution in [2.75, 3.05) is 26.8 Å². The van der Waals surface area contributed by atoms with Crippen molar-refractivity contribution < 1.29 is 9.53 Å². The fraction of sp³-hybridized carbons (Fsp3) is 0.923. The van der Waals surface area contributed by atoms with E-state index in [1.54, 1.807) is 7.11 Å². The van der Waals surface area contributed by atoms with Crippen LogP contribution in [0.3, 0.4) is 0 Å². The number of carbonyl (C=O) groups excluding carboxylic acids is 1. The summed E-state index contributed by atoms with van der Waals surface area (Å²) in [5, 5.41) is 0. The maximum atomic E-state index is 12.0. The number of carbonyl (C=O) groups is 1. The van der Waals surface area contributed by atoms with Gasteiger partial charge in [-0.1, -0.05) is 12.8 Å². The Labute approximate surface area is 104 Å². The van der Waals surface area contributed by atoms with Crippen LogP contribution in [0.25, 0.3) is 0 Å². The van der Waals surface area contributed by atoms with E-state index in [-0.39, 0.29) is 0 Å². The van der Waals surface area contributed by atoms with E-state index in [0.717, 1.165) is 38.8 Å². The van der Waals surface area contributed by atoms with Crippen molar-refractivity contribution in [2.24, 2.45) is 5.73 Å². The van der Waals surface area contributed by atoms with Crippen molar-refractivity contribution >= 4 is 5.91 Å². The molecule has 0 heterocycles. The van der Waals surface area contributed by atoms with Gasteiger partial charge in [0.1, 0.15) is 0 Å².